The van der Waals surface area contributed by atoms with E-state index in [0.717, 1.165) is 30.4 Å². The molecular weight excluding hydrogens is 273 g/mol. The highest BCUT2D eigenvalue weighted by atomic mass is 79.9. The zero-order chi connectivity index (χ0) is 11.1. The van der Waals surface area contributed by atoms with E-state index >= 15 is 0 Å². The van der Waals surface area contributed by atoms with Crippen molar-refractivity contribution >= 4 is 15.9 Å². The molecule has 15 heavy (non-hydrogen) atoms. The Morgan fingerprint density at radius 3 is 2.47 bits per heavy atom. The average Bonchev–Trinajstić information content (AvgIpc) is 2.68. The van der Waals surface area contributed by atoms with Crippen molar-refractivity contribution < 1.29 is 13.2 Å². The Bertz CT molecular complexity index is 353. The van der Waals surface area contributed by atoms with E-state index in [1.54, 1.807) is 0 Å². The van der Waals surface area contributed by atoms with Crippen molar-refractivity contribution in [2.75, 3.05) is 0 Å². The summed E-state index contributed by atoms with van der Waals surface area (Å²) in [6.45, 7) is 0. The maximum atomic E-state index is 12.7. The third-order valence-electron chi connectivity index (χ3n) is 2.69. The first-order valence-corrected chi connectivity index (χ1v) is 5.59. The number of aromatic nitrogens is 2. The number of hydrogen-bond donors (Lipinski definition) is 0. The summed E-state index contributed by atoms with van der Waals surface area (Å²) in [6, 6.07) is -0.0899. The maximum Gasteiger partial charge on any atom is 0.434 e. The third kappa shape index (κ3) is 2.04. The summed E-state index contributed by atoms with van der Waals surface area (Å²) in [4.78, 5) is 0. The molecule has 0 aliphatic heterocycles. The molecule has 0 atom stereocenters. The SMILES string of the molecule is FC(F)(F)c1c(Br)cnn1C1CCCC1. The molecule has 0 N–H and O–H groups in total. The third-order valence-corrected chi connectivity index (χ3v) is 3.27. The van der Waals surface area contributed by atoms with Gasteiger partial charge >= 0.3 is 6.18 Å². The smallest absolute Gasteiger partial charge is 0.256 e. The lowest BCUT2D eigenvalue weighted by Crippen LogP contribution is -2.18. The molecule has 0 amide bonds. The van der Waals surface area contributed by atoms with Gasteiger partial charge in [0.05, 0.1) is 16.7 Å². The van der Waals surface area contributed by atoms with Crippen LogP contribution in [0.4, 0.5) is 13.2 Å². The van der Waals surface area contributed by atoms with Gasteiger partial charge in [0.1, 0.15) is 0 Å². The first-order chi connectivity index (χ1) is 7.00. The largest absolute Gasteiger partial charge is 0.434 e. The highest BCUT2D eigenvalue weighted by molar-refractivity contribution is 9.10. The van der Waals surface area contributed by atoms with Gasteiger partial charge in [0.15, 0.2) is 5.69 Å². The average molecular weight is 283 g/mol. The van der Waals surface area contributed by atoms with Crippen molar-refractivity contribution in [3.63, 3.8) is 0 Å². The van der Waals surface area contributed by atoms with Crippen LogP contribution in [0.3, 0.4) is 0 Å². The van der Waals surface area contributed by atoms with Crippen LogP contribution in [0.15, 0.2) is 10.7 Å². The van der Waals surface area contributed by atoms with Crippen LogP contribution in [0.5, 0.6) is 0 Å². The van der Waals surface area contributed by atoms with Crippen molar-refractivity contribution in [1.82, 2.24) is 9.78 Å². The van der Waals surface area contributed by atoms with Crippen molar-refractivity contribution in [1.29, 1.82) is 0 Å². The molecule has 6 heteroatoms. The second-order valence-electron chi connectivity index (χ2n) is 3.72. The second kappa shape index (κ2) is 3.81. The van der Waals surface area contributed by atoms with Crippen molar-refractivity contribution in [2.45, 2.75) is 37.9 Å². The first-order valence-electron chi connectivity index (χ1n) is 4.80. The summed E-state index contributed by atoms with van der Waals surface area (Å²) in [7, 11) is 0. The van der Waals surface area contributed by atoms with Gasteiger partial charge in [0, 0.05) is 0 Å². The number of halogens is 4. The number of nitrogens with zero attached hydrogens (tertiary/aromatic N) is 2. The maximum absolute atomic E-state index is 12.7. The minimum absolute atomic E-state index is 0.0295. The van der Waals surface area contributed by atoms with Crippen LogP contribution in [0, 0.1) is 0 Å². The van der Waals surface area contributed by atoms with Crippen LogP contribution in [0.25, 0.3) is 0 Å². The molecule has 1 aromatic heterocycles. The molecule has 1 aliphatic rings. The Kier molecular flexibility index (Phi) is 2.79. The van der Waals surface area contributed by atoms with Crippen molar-refractivity contribution in [3.05, 3.63) is 16.4 Å². The number of alkyl halides is 3. The van der Waals surface area contributed by atoms with Gasteiger partial charge in [0.25, 0.3) is 0 Å². The first kappa shape index (κ1) is 11.0. The fourth-order valence-corrected chi connectivity index (χ4v) is 2.53. The van der Waals surface area contributed by atoms with Crippen molar-refractivity contribution in [3.8, 4) is 0 Å². The zero-order valence-electron chi connectivity index (χ0n) is 7.89. The molecule has 1 aromatic rings. The normalized spacial score (nSPS) is 18.7. The highest BCUT2D eigenvalue weighted by Crippen LogP contribution is 2.39. The summed E-state index contributed by atoms with van der Waals surface area (Å²) >= 11 is 2.90. The van der Waals surface area contributed by atoms with Gasteiger partial charge in [0.2, 0.25) is 0 Å². The van der Waals surface area contributed by atoms with E-state index in [1.165, 1.54) is 6.20 Å². The number of rotatable bonds is 1. The van der Waals surface area contributed by atoms with Gasteiger partial charge in [-0.3, -0.25) is 4.68 Å². The van der Waals surface area contributed by atoms with E-state index in [-0.39, 0.29) is 10.5 Å². The van der Waals surface area contributed by atoms with Crippen LogP contribution in [0.2, 0.25) is 0 Å². The molecule has 0 radical (unpaired) electrons. The Hall–Kier alpha value is -0.520. The fourth-order valence-electron chi connectivity index (χ4n) is 2.03. The van der Waals surface area contributed by atoms with Crippen LogP contribution in [-0.4, -0.2) is 9.78 Å². The van der Waals surface area contributed by atoms with Gasteiger partial charge in [-0.05, 0) is 28.8 Å². The molecule has 0 aromatic carbocycles. The van der Waals surface area contributed by atoms with Gasteiger partial charge in [-0.25, -0.2) is 0 Å². The minimum Gasteiger partial charge on any atom is -0.256 e. The summed E-state index contributed by atoms with van der Waals surface area (Å²) in [5, 5.41) is 3.81. The van der Waals surface area contributed by atoms with E-state index in [9.17, 15) is 13.2 Å². The topological polar surface area (TPSA) is 17.8 Å². The molecule has 2 nitrogen and oxygen atoms in total. The highest BCUT2D eigenvalue weighted by Gasteiger charge is 2.39. The summed E-state index contributed by atoms with van der Waals surface area (Å²) in [5.74, 6) is 0. The molecule has 1 heterocycles. The van der Waals surface area contributed by atoms with Crippen molar-refractivity contribution in [2.24, 2.45) is 0 Å². The van der Waals surface area contributed by atoms with Gasteiger partial charge < -0.3 is 0 Å². The lowest BCUT2D eigenvalue weighted by atomic mass is 10.2. The van der Waals surface area contributed by atoms with Crippen LogP contribution < -0.4 is 0 Å². The Labute approximate surface area is 93.6 Å². The Balaban J connectivity index is 2.39. The van der Waals surface area contributed by atoms with Crippen LogP contribution in [0.1, 0.15) is 37.4 Å². The molecule has 0 saturated heterocycles. The second-order valence-corrected chi connectivity index (χ2v) is 4.58. The van der Waals surface area contributed by atoms with Crippen LogP contribution >= 0.6 is 15.9 Å². The lowest BCUT2D eigenvalue weighted by molar-refractivity contribution is -0.145. The van der Waals surface area contributed by atoms with E-state index in [0.29, 0.717) is 0 Å². The molecule has 84 valence electrons. The van der Waals surface area contributed by atoms with Gasteiger partial charge in [-0.2, -0.15) is 18.3 Å². The summed E-state index contributed by atoms with van der Waals surface area (Å²) in [6.07, 6.45) is 0.437. The molecule has 0 unspecified atom stereocenters. The van der Waals surface area contributed by atoms with E-state index in [1.807, 2.05) is 0 Å². The fraction of sp³-hybridized carbons (Fsp3) is 0.667. The van der Waals surface area contributed by atoms with E-state index in [4.69, 9.17) is 0 Å². The van der Waals surface area contributed by atoms with Crippen LogP contribution in [-0.2, 0) is 6.18 Å². The summed E-state index contributed by atoms with van der Waals surface area (Å²) < 4.78 is 39.3. The minimum atomic E-state index is -4.34. The molecule has 1 aliphatic carbocycles. The molecule has 0 bridgehead atoms. The van der Waals surface area contributed by atoms with Gasteiger partial charge in [-0.15, -0.1) is 0 Å². The molecule has 1 fully saturated rings. The lowest BCUT2D eigenvalue weighted by Gasteiger charge is -2.16. The van der Waals surface area contributed by atoms with E-state index in [2.05, 4.69) is 21.0 Å². The standard InChI is InChI=1S/C9H10BrF3N2/c10-7-5-14-15(6-3-1-2-4-6)8(7)9(11,12)13/h5-6H,1-4H2. The molecular formula is C9H10BrF3N2. The summed E-state index contributed by atoms with van der Waals surface area (Å²) in [5.41, 5.74) is -0.658. The quantitative estimate of drug-likeness (QED) is 0.767. The number of hydrogen-bond acceptors (Lipinski definition) is 1. The molecule has 1 saturated carbocycles. The predicted molar refractivity (Wildman–Crippen MR) is 52.4 cm³/mol. The Morgan fingerprint density at radius 1 is 1.33 bits per heavy atom. The Morgan fingerprint density at radius 2 is 1.93 bits per heavy atom. The zero-order valence-corrected chi connectivity index (χ0v) is 9.48. The van der Waals surface area contributed by atoms with Gasteiger partial charge in [-0.1, -0.05) is 12.8 Å². The predicted octanol–water partition coefficient (Wildman–Crippen LogP) is 3.78. The van der Waals surface area contributed by atoms with E-state index < -0.39 is 11.9 Å². The molecule has 0 spiro atoms. The monoisotopic (exact) mass is 282 g/mol. The molecule has 2 rings (SSSR count).